The molecule has 1 saturated heterocycles. The van der Waals surface area contributed by atoms with Crippen LogP contribution in [0.1, 0.15) is 53.9 Å². The molecule has 0 aromatic rings. The number of carbonyl (C=O) groups excluding carboxylic acids is 1. The number of rotatable bonds is 7. The smallest absolute Gasteiger partial charge is 0.305 e. The Hall–Kier alpha value is -0.393. The van der Waals surface area contributed by atoms with Crippen molar-refractivity contribution in [3.8, 4) is 0 Å². The van der Waals surface area contributed by atoms with E-state index in [1.807, 2.05) is 6.92 Å². The van der Waals surface area contributed by atoms with E-state index in [0.717, 1.165) is 12.8 Å². The second-order valence-corrected chi connectivity index (χ2v) is 12.7. The second kappa shape index (κ2) is 7.93. The molecule has 4 nitrogen and oxygen atoms in total. The van der Waals surface area contributed by atoms with E-state index >= 15 is 0 Å². The maximum absolute atomic E-state index is 11.4. The lowest BCUT2D eigenvalue weighted by molar-refractivity contribution is -0.143. The quantitative estimate of drug-likeness (QED) is 0.520. The van der Waals surface area contributed by atoms with Crippen LogP contribution >= 0.6 is 0 Å². The number of ether oxygens (including phenoxy) is 2. The summed E-state index contributed by atoms with van der Waals surface area (Å²) in [5.74, 6) is 0.358. The number of esters is 1. The highest BCUT2D eigenvalue weighted by molar-refractivity contribution is 6.74. The zero-order chi connectivity index (χ0) is 17.0. The monoisotopic (exact) mass is 330 g/mol. The van der Waals surface area contributed by atoms with Crippen molar-refractivity contribution in [3.63, 3.8) is 0 Å². The molecular formula is C17H34O4Si. The van der Waals surface area contributed by atoms with Gasteiger partial charge in [-0.1, -0.05) is 27.7 Å². The summed E-state index contributed by atoms with van der Waals surface area (Å²) >= 11 is 0. The van der Waals surface area contributed by atoms with Gasteiger partial charge in [-0.15, -0.1) is 0 Å². The molecule has 0 amide bonds. The molecular weight excluding hydrogens is 296 g/mol. The molecule has 1 aliphatic heterocycles. The SMILES string of the molecule is CCOC(=O)CC[C@@H]1C[C@@H](C)[C@H](CO[Si](C)(C)C(C)(C)C)O1. The van der Waals surface area contributed by atoms with Crippen LogP contribution in [0.2, 0.25) is 18.1 Å². The van der Waals surface area contributed by atoms with Crippen LogP contribution in [0, 0.1) is 5.92 Å². The Morgan fingerprint density at radius 3 is 2.50 bits per heavy atom. The van der Waals surface area contributed by atoms with E-state index in [9.17, 15) is 4.79 Å². The van der Waals surface area contributed by atoms with E-state index in [4.69, 9.17) is 13.9 Å². The summed E-state index contributed by atoms with van der Waals surface area (Å²) < 4.78 is 17.4. The number of hydrogen-bond donors (Lipinski definition) is 0. The van der Waals surface area contributed by atoms with Gasteiger partial charge in [0.1, 0.15) is 0 Å². The molecule has 0 aromatic carbocycles. The maximum Gasteiger partial charge on any atom is 0.305 e. The summed E-state index contributed by atoms with van der Waals surface area (Å²) in [5, 5.41) is 0.220. The molecule has 1 aliphatic rings. The van der Waals surface area contributed by atoms with Gasteiger partial charge in [0.25, 0.3) is 0 Å². The zero-order valence-corrected chi connectivity index (χ0v) is 16.4. The third-order valence-corrected chi connectivity index (χ3v) is 9.53. The van der Waals surface area contributed by atoms with Crippen molar-refractivity contribution < 1.29 is 18.7 Å². The summed E-state index contributed by atoms with van der Waals surface area (Å²) in [6.07, 6.45) is 2.51. The first-order chi connectivity index (χ1) is 10.1. The summed E-state index contributed by atoms with van der Waals surface area (Å²) in [5.41, 5.74) is 0. The Kier molecular flexibility index (Phi) is 7.08. The standard InChI is InChI=1S/C17H34O4Si/c1-8-19-16(18)10-9-14-11-13(2)15(21-14)12-20-22(6,7)17(3,4)5/h13-15H,8-12H2,1-7H3/t13-,14-,15+/m1/s1. The van der Waals surface area contributed by atoms with Gasteiger partial charge >= 0.3 is 5.97 Å². The normalized spacial score (nSPS) is 26.2. The fourth-order valence-corrected chi connectivity index (χ4v) is 3.43. The first-order valence-corrected chi connectivity index (χ1v) is 11.4. The number of hydrogen-bond acceptors (Lipinski definition) is 4. The highest BCUT2D eigenvalue weighted by atomic mass is 28.4. The van der Waals surface area contributed by atoms with Crippen LogP contribution in [-0.4, -0.2) is 39.7 Å². The van der Waals surface area contributed by atoms with Gasteiger partial charge in [0.2, 0.25) is 0 Å². The summed E-state index contributed by atoms with van der Waals surface area (Å²) in [4.78, 5) is 11.4. The van der Waals surface area contributed by atoms with Crippen LogP contribution < -0.4 is 0 Å². The van der Waals surface area contributed by atoms with Crippen LogP contribution in [0.15, 0.2) is 0 Å². The Balaban J connectivity index is 2.40. The molecule has 0 radical (unpaired) electrons. The molecule has 3 atom stereocenters. The van der Waals surface area contributed by atoms with Gasteiger partial charge in [-0.05, 0) is 43.8 Å². The van der Waals surface area contributed by atoms with Crippen molar-refractivity contribution in [1.29, 1.82) is 0 Å². The molecule has 22 heavy (non-hydrogen) atoms. The average molecular weight is 331 g/mol. The van der Waals surface area contributed by atoms with Crippen molar-refractivity contribution in [1.82, 2.24) is 0 Å². The summed E-state index contributed by atoms with van der Waals surface area (Å²) in [6.45, 7) is 16.5. The molecule has 0 saturated carbocycles. The van der Waals surface area contributed by atoms with Crippen molar-refractivity contribution >= 4 is 14.3 Å². The maximum atomic E-state index is 11.4. The second-order valence-electron chi connectivity index (χ2n) is 7.92. The zero-order valence-electron chi connectivity index (χ0n) is 15.4. The van der Waals surface area contributed by atoms with Gasteiger partial charge in [0.05, 0.1) is 25.4 Å². The molecule has 130 valence electrons. The Morgan fingerprint density at radius 1 is 1.32 bits per heavy atom. The minimum atomic E-state index is -1.73. The van der Waals surface area contributed by atoms with Crippen LogP contribution in [0.5, 0.6) is 0 Å². The third-order valence-electron chi connectivity index (χ3n) is 5.03. The van der Waals surface area contributed by atoms with E-state index in [0.29, 0.717) is 25.6 Å². The lowest BCUT2D eigenvalue weighted by atomic mass is 10.0. The molecule has 0 unspecified atom stereocenters. The fraction of sp³-hybridized carbons (Fsp3) is 0.941. The van der Waals surface area contributed by atoms with Gasteiger partial charge in [0, 0.05) is 6.42 Å². The molecule has 0 aliphatic carbocycles. The highest BCUT2D eigenvalue weighted by Gasteiger charge is 2.39. The highest BCUT2D eigenvalue weighted by Crippen LogP contribution is 2.38. The molecule has 0 N–H and O–H groups in total. The van der Waals surface area contributed by atoms with E-state index in [1.54, 1.807) is 0 Å². The molecule has 1 heterocycles. The predicted octanol–water partition coefficient (Wildman–Crippen LogP) is 4.15. The van der Waals surface area contributed by atoms with Gasteiger partial charge in [-0.2, -0.15) is 0 Å². The van der Waals surface area contributed by atoms with Crippen LogP contribution in [0.4, 0.5) is 0 Å². The Bertz CT molecular complexity index is 362. The molecule has 1 rings (SSSR count). The number of carbonyl (C=O) groups is 1. The summed E-state index contributed by atoms with van der Waals surface area (Å²) in [7, 11) is -1.73. The average Bonchev–Trinajstić information content (AvgIpc) is 2.74. The lowest BCUT2D eigenvalue weighted by Crippen LogP contribution is -2.43. The largest absolute Gasteiger partial charge is 0.466 e. The van der Waals surface area contributed by atoms with Crippen LogP contribution in [-0.2, 0) is 18.7 Å². The molecule has 1 fully saturated rings. The first kappa shape index (κ1) is 19.7. The Labute approximate surface area is 137 Å². The van der Waals surface area contributed by atoms with E-state index in [1.165, 1.54) is 0 Å². The van der Waals surface area contributed by atoms with Gasteiger partial charge in [-0.25, -0.2) is 0 Å². The van der Waals surface area contributed by atoms with E-state index in [2.05, 4.69) is 40.8 Å². The van der Waals surface area contributed by atoms with Gasteiger partial charge in [0.15, 0.2) is 8.32 Å². The first-order valence-electron chi connectivity index (χ1n) is 8.52. The minimum absolute atomic E-state index is 0.125. The Morgan fingerprint density at radius 2 is 1.95 bits per heavy atom. The van der Waals surface area contributed by atoms with Crippen LogP contribution in [0.3, 0.4) is 0 Å². The van der Waals surface area contributed by atoms with Gasteiger partial charge < -0.3 is 13.9 Å². The van der Waals surface area contributed by atoms with Crippen molar-refractivity contribution in [3.05, 3.63) is 0 Å². The van der Waals surface area contributed by atoms with E-state index < -0.39 is 8.32 Å². The van der Waals surface area contributed by atoms with Crippen molar-refractivity contribution in [2.24, 2.45) is 5.92 Å². The minimum Gasteiger partial charge on any atom is -0.466 e. The molecule has 0 spiro atoms. The van der Waals surface area contributed by atoms with Crippen molar-refractivity contribution in [2.75, 3.05) is 13.2 Å². The third kappa shape index (κ3) is 5.67. The van der Waals surface area contributed by atoms with E-state index in [-0.39, 0.29) is 23.2 Å². The topological polar surface area (TPSA) is 44.8 Å². The van der Waals surface area contributed by atoms with Gasteiger partial charge in [-0.3, -0.25) is 4.79 Å². The molecule has 0 bridgehead atoms. The molecule has 5 heteroatoms. The fourth-order valence-electron chi connectivity index (χ4n) is 2.41. The molecule has 0 aromatic heterocycles. The van der Waals surface area contributed by atoms with Crippen LogP contribution in [0.25, 0.3) is 0 Å². The summed E-state index contributed by atoms with van der Waals surface area (Å²) in [6, 6.07) is 0. The lowest BCUT2D eigenvalue weighted by Gasteiger charge is -2.37. The van der Waals surface area contributed by atoms with Crippen molar-refractivity contribution in [2.45, 2.75) is 84.2 Å². The predicted molar refractivity (Wildman–Crippen MR) is 91.5 cm³/mol.